The van der Waals surface area contributed by atoms with Crippen molar-refractivity contribution >= 4 is 17.0 Å². The molecular formula is C15H14N4O2. The maximum absolute atomic E-state index is 11.0. The minimum Gasteiger partial charge on any atom is -0.478 e. The number of aromatic amines is 1. The molecule has 0 saturated heterocycles. The summed E-state index contributed by atoms with van der Waals surface area (Å²) in [5.74, 6) is -0.272. The smallest absolute Gasteiger partial charge is 0.335 e. The van der Waals surface area contributed by atoms with Crippen molar-refractivity contribution in [2.75, 3.05) is 0 Å². The van der Waals surface area contributed by atoms with Gasteiger partial charge in [-0.25, -0.2) is 9.78 Å². The van der Waals surface area contributed by atoms with Gasteiger partial charge >= 0.3 is 5.97 Å². The number of nitrogens with zero attached hydrogens (tertiary/aromatic N) is 3. The Hall–Kier alpha value is -2.76. The van der Waals surface area contributed by atoms with E-state index in [4.69, 9.17) is 5.11 Å². The lowest BCUT2D eigenvalue weighted by molar-refractivity contribution is 0.0697. The molecule has 0 atom stereocenters. The van der Waals surface area contributed by atoms with Gasteiger partial charge in [-0.2, -0.15) is 10.2 Å². The van der Waals surface area contributed by atoms with E-state index < -0.39 is 5.97 Å². The number of aryl methyl sites for hydroxylation is 2. The zero-order valence-electron chi connectivity index (χ0n) is 11.7. The van der Waals surface area contributed by atoms with Crippen molar-refractivity contribution in [3.05, 3.63) is 41.2 Å². The molecule has 2 N–H and O–H groups in total. The van der Waals surface area contributed by atoms with E-state index >= 15 is 0 Å². The fourth-order valence-electron chi connectivity index (χ4n) is 2.25. The summed E-state index contributed by atoms with van der Waals surface area (Å²) in [6.07, 6.45) is 0.750. The summed E-state index contributed by atoms with van der Waals surface area (Å²) in [5, 5.41) is 17.3. The molecule has 0 aliphatic rings. The normalized spacial score (nSPS) is 11.0. The molecule has 21 heavy (non-hydrogen) atoms. The Balaban J connectivity index is 2.17. The van der Waals surface area contributed by atoms with E-state index in [-0.39, 0.29) is 5.56 Å². The molecule has 0 spiro atoms. The van der Waals surface area contributed by atoms with E-state index in [2.05, 4.69) is 20.2 Å². The average Bonchev–Trinajstić information content (AvgIpc) is 2.89. The first-order chi connectivity index (χ1) is 10.1. The third-order valence-electron chi connectivity index (χ3n) is 3.31. The van der Waals surface area contributed by atoms with Crippen LogP contribution in [-0.2, 0) is 6.42 Å². The van der Waals surface area contributed by atoms with Gasteiger partial charge in [0.1, 0.15) is 5.82 Å². The van der Waals surface area contributed by atoms with E-state index in [1.54, 1.807) is 18.2 Å². The number of aromatic nitrogens is 4. The zero-order valence-corrected chi connectivity index (χ0v) is 11.7. The van der Waals surface area contributed by atoms with Crippen LogP contribution in [0.2, 0.25) is 0 Å². The van der Waals surface area contributed by atoms with Gasteiger partial charge in [0.05, 0.1) is 28.0 Å². The number of hydrogen-bond donors (Lipinski definition) is 2. The van der Waals surface area contributed by atoms with Crippen molar-refractivity contribution in [3.63, 3.8) is 0 Å². The Kier molecular flexibility index (Phi) is 3.13. The lowest BCUT2D eigenvalue weighted by Gasteiger charge is -2.03. The first-order valence-electron chi connectivity index (χ1n) is 6.65. The molecule has 0 aliphatic heterocycles. The molecule has 0 amide bonds. The average molecular weight is 282 g/mol. The van der Waals surface area contributed by atoms with Crippen LogP contribution in [0, 0.1) is 6.92 Å². The van der Waals surface area contributed by atoms with Gasteiger partial charge in [-0.1, -0.05) is 6.92 Å². The first-order valence-corrected chi connectivity index (χ1v) is 6.65. The molecule has 0 unspecified atom stereocenters. The summed E-state index contributed by atoms with van der Waals surface area (Å²) >= 11 is 0. The van der Waals surface area contributed by atoms with Crippen LogP contribution in [-0.4, -0.2) is 31.2 Å². The van der Waals surface area contributed by atoms with Crippen LogP contribution in [0.4, 0.5) is 0 Å². The molecule has 3 aromatic rings. The molecule has 6 nitrogen and oxygen atoms in total. The van der Waals surface area contributed by atoms with Gasteiger partial charge < -0.3 is 10.1 Å². The maximum Gasteiger partial charge on any atom is 0.335 e. The van der Waals surface area contributed by atoms with Gasteiger partial charge in [-0.05, 0) is 37.6 Å². The number of carboxylic acid groups (broad SMARTS) is 1. The second kappa shape index (κ2) is 4.97. The molecule has 0 saturated carbocycles. The molecule has 0 aliphatic carbocycles. The molecule has 106 valence electrons. The van der Waals surface area contributed by atoms with Crippen LogP contribution in [0.15, 0.2) is 24.3 Å². The van der Waals surface area contributed by atoms with E-state index in [1.807, 2.05) is 19.9 Å². The number of aromatic carboxylic acids is 1. The highest BCUT2D eigenvalue weighted by Gasteiger charge is 2.12. The van der Waals surface area contributed by atoms with E-state index in [9.17, 15) is 4.79 Å². The van der Waals surface area contributed by atoms with Crippen molar-refractivity contribution in [2.45, 2.75) is 20.3 Å². The van der Waals surface area contributed by atoms with E-state index in [0.29, 0.717) is 11.3 Å². The van der Waals surface area contributed by atoms with E-state index in [1.165, 1.54) is 0 Å². The quantitative estimate of drug-likeness (QED) is 0.770. The monoisotopic (exact) mass is 282 g/mol. The van der Waals surface area contributed by atoms with E-state index in [0.717, 1.165) is 28.9 Å². The fourth-order valence-corrected chi connectivity index (χ4v) is 2.25. The number of imidazole rings is 1. The van der Waals surface area contributed by atoms with Gasteiger partial charge in [-0.3, -0.25) is 0 Å². The maximum atomic E-state index is 11.0. The number of hydrogen-bond acceptors (Lipinski definition) is 4. The Morgan fingerprint density at radius 2 is 2.10 bits per heavy atom. The van der Waals surface area contributed by atoms with Gasteiger partial charge in [0.15, 0.2) is 0 Å². The van der Waals surface area contributed by atoms with Crippen LogP contribution >= 0.6 is 0 Å². The number of carbonyl (C=O) groups is 1. The summed E-state index contributed by atoms with van der Waals surface area (Å²) in [6.45, 7) is 3.88. The summed E-state index contributed by atoms with van der Waals surface area (Å²) in [6, 6.07) is 6.76. The lowest BCUT2D eigenvalue weighted by Crippen LogP contribution is -1.98. The largest absolute Gasteiger partial charge is 0.478 e. The Labute approximate surface area is 120 Å². The summed E-state index contributed by atoms with van der Waals surface area (Å²) in [7, 11) is 0. The van der Waals surface area contributed by atoms with Crippen LogP contribution in [0.25, 0.3) is 22.4 Å². The number of carboxylic acids is 1. The van der Waals surface area contributed by atoms with Crippen molar-refractivity contribution in [2.24, 2.45) is 0 Å². The molecule has 0 fully saturated rings. The van der Waals surface area contributed by atoms with Gasteiger partial charge in [0.25, 0.3) is 0 Å². The third-order valence-corrected chi connectivity index (χ3v) is 3.31. The molecular weight excluding hydrogens is 268 g/mol. The zero-order chi connectivity index (χ0) is 15.0. The number of fused-ring (bicyclic) bond motifs is 1. The number of benzene rings is 1. The molecule has 1 aromatic carbocycles. The highest BCUT2D eigenvalue weighted by molar-refractivity contribution is 5.93. The number of H-pyrrole nitrogens is 1. The summed E-state index contributed by atoms with van der Waals surface area (Å²) < 4.78 is 0. The second-order valence-corrected chi connectivity index (χ2v) is 4.82. The first kappa shape index (κ1) is 13.2. The number of nitrogens with one attached hydrogen (secondary N) is 1. The molecule has 0 bridgehead atoms. The molecule has 3 rings (SSSR count). The second-order valence-electron chi connectivity index (χ2n) is 4.82. The third kappa shape index (κ3) is 2.35. The Morgan fingerprint density at radius 1 is 1.29 bits per heavy atom. The van der Waals surface area contributed by atoms with Crippen molar-refractivity contribution in [3.8, 4) is 11.4 Å². The van der Waals surface area contributed by atoms with Crippen LogP contribution < -0.4 is 0 Å². The Bertz CT molecular complexity index is 839. The summed E-state index contributed by atoms with van der Waals surface area (Å²) in [5.41, 5.74) is 4.23. The molecule has 0 radical (unpaired) electrons. The minimum absolute atomic E-state index is 0.234. The van der Waals surface area contributed by atoms with Gasteiger partial charge in [0, 0.05) is 5.56 Å². The topological polar surface area (TPSA) is 91.8 Å². The van der Waals surface area contributed by atoms with Crippen molar-refractivity contribution < 1.29 is 9.90 Å². The highest BCUT2D eigenvalue weighted by Crippen LogP contribution is 2.24. The lowest BCUT2D eigenvalue weighted by atomic mass is 10.1. The van der Waals surface area contributed by atoms with Crippen LogP contribution in [0.1, 0.15) is 28.7 Å². The highest BCUT2D eigenvalue weighted by atomic mass is 16.4. The Morgan fingerprint density at radius 3 is 2.81 bits per heavy atom. The SMILES string of the molecule is CCc1nnc(C)cc1-c1nc2ccc(C(=O)O)cc2[nH]1. The molecule has 2 aromatic heterocycles. The van der Waals surface area contributed by atoms with Gasteiger partial charge in [0.2, 0.25) is 0 Å². The molecule has 6 heteroatoms. The predicted octanol–water partition coefficient (Wildman–Crippen LogP) is 2.59. The fraction of sp³-hybridized carbons (Fsp3) is 0.200. The van der Waals surface area contributed by atoms with Crippen molar-refractivity contribution in [1.29, 1.82) is 0 Å². The number of rotatable bonds is 3. The molecule has 2 heterocycles. The van der Waals surface area contributed by atoms with Crippen LogP contribution in [0.3, 0.4) is 0 Å². The summed E-state index contributed by atoms with van der Waals surface area (Å²) in [4.78, 5) is 18.7. The van der Waals surface area contributed by atoms with Gasteiger partial charge in [-0.15, -0.1) is 0 Å². The predicted molar refractivity (Wildman–Crippen MR) is 78.2 cm³/mol. The minimum atomic E-state index is -0.955. The standard InChI is InChI=1S/C15H14N4O2/c1-3-11-10(6-8(2)18-19-11)14-16-12-5-4-9(15(20)21)7-13(12)17-14/h4-7H,3H2,1-2H3,(H,16,17)(H,20,21). The van der Waals surface area contributed by atoms with Crippen molar-refractivity contribution in [1.82, 2.24) is 20.2 Å². The van der Waals surface area contributed by atoms with Crippen LogP contribution in [0.5, 0.6) is 0 Å².